The van der Waals surface area contributed by atoms with Crippen molar-refractivity contribution in [3.63, 3.8) is 0 Å². The lowest BCUT2D eigenvalue weighted by Gasteiger charge is -2.14. The molecule has 4 nitrogen and oxygen atoms in total. The lowest BCUT2D eigenvalue weighted by atomic mass is 10.1. The Morgan fingerprint density at radius 1 is 1.44 bits per heavy atom. The third-order valence-electron chi connectivity index (χ3n) is 3.01. The Morgan fingerprint density at radius 2 is 2.12 bits per heavy atom. The minimum Gasteiger partial charge on any atom is -0.385 e. The van der Waals surface area contributed by atoms with Crippen molar-refractivity contribution in [3.05, 3.63) is 0 Å². The molecule has 0 heterocycles. The van der Waals surface area contributed by atoms with Gasteiger partial charge in [0, 0.05) is 25.6 Å². The van der Waals surface area contributed by atoms with E-state index in [0.717, 1.165) is 24.6 Å². The minimum atomic E-state index is -3.11. The van der Waals surface area contributed by atoms with Crippen molar-refractivity contribution in [1.82, 2.24) is 4.72 Å². The van der Waals surface area contributed by atoms with E-state index in [-0.39, 0.29) is 11.2 Å². The Morgan fingerprint density at radius 3 is 2.62 bits per heavy atom. The molecule has 0 saturated heterocycles. The van der Waals surface area contributed by atoms with Crippen LogP contribution in [0.15, 0.2) is 0 Å². The van der Waals surface area contributed by atoms with Crippen LogP contribution >= 0.6 is 15.9 Å². The maximum absolute atomic E-state index is 11.6. The molecule has 0 spiro atoms. The van der Waals surface area contributed by atoms with Crippen LogP contribution in [0.1, 0.15) is 25.7 Å². The van der Waals surface area contributed by atoms with Gasteiger partial charge in [0.2, 0.25) is 10.0 Å². The predicted octanol–water partition coefficient (Wildman–Crippen LogP) is 1.51. The predicted molar refractivity (Wildman–Crippen MR) is 68.4 cm³/mol. The van der Waals surface area contributed by atoms with E-state index >= 15 is 0 Å². The Labute approximate surface area is 106 Å². The van der Waals surface area contributed by atoms with Crippen molar-refractivity contribution in [2.24, 2.45) is 5.41 Å². The van der Waals surface area contributed by atoms with Gasteiger partial charge in [0.05, 0.1) is 5.75 Å². The molecule has 0 radical (unpaired) electrons. The van der Waals surface area contributed by atoms with Gasteiger partial charge in [0.25, 0.3) is 0 Å². The number of methoxy groups -OCH3 is 1. The molecule has 1 fully saturated rings. The number of hydrogen-bond donors (Lipinski definition) is 1. The van der Waals surface area contributed by atoms with E-state index in [1.807, 2.05) is 0 Å². The van der Waals surface area contributed by atoms with Gasteiger partial charge in [-0.05, 0) is 31.1 Å². The van der Waals surface area contributed by atoms with Gasteiger partial charge >= 0.3 is 0 Å². The van der Waals surface area contributed by atoms with Crippen molar-refractivity contribution < 1.29 is 13.2 Å². The maximum atomic E-state index is 11.6. The summed E-state index contributed by atoms with van der Waals surface area (Å²) in [6.45, 7) is 1.08. The molecule has 16 heavy (non-hydrogen) atoms. The molecule has 0 aliphatic heterocycles. The number of rotatable bonds is 9. The molecule has 1 saturated carbocycles. The van der Waals surface area contributed by atoms with Gasteiger partial charge in [-0.2, -0.15) is 0 Å². The third-order valence-corrected chi connectivity index (χ3v) is 4.82. The van der Waals surface area contributed by atoms with E-state index in [2.05, 4.69) is 20.7 Å². The maximum Gasteiger partial charge on any atom is 0.211 e. The van der Waals surface area contributed by atoms with Crippen LogP contribution in [-0.4, -0.2) is 39.8 Å². The minimum absolute atomic E-state index is 0.158. The highest BCUT2D eigenvalue weighted by molar-refractivity contribution is 9.09. The van der Waals surface area contributed by atoms with Crippen molar-refractivity contribution in [2.45, 2.75) is 25.7 Å². The summed E-state index contributed by atoms with van der Waals surface area (Å²) < 4.78 is 30.7. The van der Waals surface area contributed by atoms with Crippen molar-refractivity contribution in [2.75, 3.05) is 31.3 Å². The molecule has 1 rings (SSSR count). The second kappa shape index (κ2) is 6.33. The zero-order chi connectivity index (χ0) is 12.1. The fourth-order valence-electron chi connectivity index (χ4n) is 1.62. The van der Waals surface area contributed by atoms with Crippen molar-refractivity contribution >= 4 is 26.0 Å². The summed E-state index contributed by atoms with van der Waals surface area (Å²) in [6, 6.07) is 0. The molecule has 6 heteroatoms. The average Bonchev–Trinajstić information content (AvgIpc) is 2.97. The lowest BCUT2D eigenvalue weighted by Crippen LogP contribution is -2.32. The molecule has 0 aromatic carbocycles. The second-order valence-corrected chi connectivity index (χ2v) is 7.14. The largest absolute Gasteiger partial charge is 0.385 e. The average molecular weight is 314 g/mol. The fraction of sp³-hybridized carbons (Fsp3) is 1.00. The highest BCUT2D eigenvalue weighted by Crippen LogP contribution is 2.48. The Bertz CT molecular complexity index is 301. The smallest absolute Gasteiger partial charge is 0.211 e. The summed E-state index contributed by atoms with van der Waals surface area (Å²) >= 11 is 3.40. The number of hydrogen-bond acceptors (Lipinski definition) is 3. The topological polar surface area (TPSA) is 55.4 Å². The number of sulfonamides is 1. The summed E-state index contributed by atoms with van der Waals surface area (Å²) in [5, 5.41) is 0.943. The summed E-state index contributed by atoms with van der Waals surface area (Å²) in [7, 11) is -1.53. The summed E-state index contributed by atoms with van der Waals surface area (Å²) in [5.41, 5.74) is 0.234. The summed E-state index contributed by atoms with van der Waals surface area (Å²) in [4.78, 5) is 0. The van der Waals surface area contributed by atoms with Gasteiger partial charge in [0.1, 0.15) is 0 Å². The van der Waals surface area contributed by atoms with Crippen LogP contribution in [0.4, 0.5) is 0 Å². The standard InChI is InChI=1S/C10H20BrNO3S/c1-15-7-2-8-16(13,14)12-9-10(3-4-10)5-6-11/h12H,2-9H2,1H3. The SMILES string of the molecule is COCCCS(=O)(=O)NCC1(CCBr)CC1. The van der Waals surface area contributed by atoms with Crippen molar-refractivity contribution in [1.29, 1.82) is 0 Å². The van der Waals surface area contributed by atoms with E-state index in [9.17, 15) is 8.42 Å². The monoisotopic (exact) mass is 313 g/mol. The van der Waals surface area contributed by atoms with E-state index in [4.69, 9.17) is 4.74 Å². The van der Waals surface area contributed by atoms with Crippen LogP contribution in [-0.2, 0) is 14.8 Å². The molecule has 0 aromatic heterocycles. The molecule has 0 atom stereocenters. The zero-order valence-corrected chi connectivity index (χ0v) is 12.1. The normalized spacial score (nSPS) is 18.6. The van der Waals surface area contributed by atoms with E-state index in [1.54, 1.807) is 7.11 Å². The highest BCUT2D eigenvalue weighted by Gasteiger charge is 2.42. The number of nitrogens with one attached hydrogen (secondary N) is 1. The first-order valence-corrected chi connectivity index (χ1v) is 8.33. The molecule has 1 aliphatic rings. The van der Waals surface area contributed by atoms with Crippen LogP contribution in [0.5, 0.6) is 0 Å². The molecule has 1 N–H and O–H groups in total. The molecular formula is C10H20BrNO3S. The molecule has 0 amide bonds. The summed E-state index contributed by atoms with van der Waals surface area (Å²) in [5.74, 6) is 0.158. The first-order chi connectivity index (χ1) is 7.54. The number of alkyl halides is 1. The Hall–Kier alpha value is 0.350. The van der Waals surface area contributed by atoms with Gasteiger partial charge in [-0.25, -0.2) is 13.1 Å². The van der Waals surface area contributed by atoms with Gasteiger partial charge in [-0.15, -0.1) is 0 Å². The fourth-order valence-corrected chi connectivity index (χ4v) is 3.63. The molecule has 0 bridgehead atoms. The van der Waals surface area contributed by atoms with E-state index in [1.165, 1.54) is 0 Å². The molecule has 0 aromatic rings. The number of halogens is 1. The van der Waals surface area contributed by atoms with E-state index < -0.39 is 10.0 Å². The van der Waals surface area contributed by atoms with Crippen LogP contribution in [0, 0.1) is 5.41 Å². The van der Waals surface area contributed by atoms with Crippen LogP contribution in [0.25, 0.3) is 0 Å². The van der Waals surface area contributed by atoms with Gasteiger partial charge in [0.15, 0.2) is 0 Å². The molecule has 0 unspecified atom stereocenters. The molecular weight excluding hydrogens is 294 g/mol. The quantitative estimate of drug-likeness (QED) is 0.518. The van der Waals surface area contributed by atoms with Gasteiger partial charge in [-0.3, -0.25) is 0 Å². The summed E-state index contributed by atoms with van der Waals surface area (Å²) in [6.07, 6.45) is 3.88. The van der Waals surface area contributed by atoms with E-state index in [0.29, 0.717) is 19.6 Å². The second-order valence-electron chi connectivity index (χ2n) is 4.43. The Balaban J connectivity index is 2.25. The Kier molecular flexibility index (Phi) is 5.70. The molecule has 1 aliphatic carbocycles. The number of ether oxygens (including phenoxy) is 1. The van der Waals surface area contributed by atoms with Gasteiger partial charge in [-0.1, -0.05) is 15.9 Å². The zero-order valence-electron chi connectivity index (χ0n) is 9.67. The lowest BCUT2D eigenvalue weighted by molar-refractivity contribution is 0.199. The third kappa shape index (κ3) is 5.12. The van der Waals surface area contributed by atoms with Gasteiger partial charge < -0.3 is 4.74 Å². The first-order valence-electron chi connectivity index (χ1n) is 5.56. The highest BCUT2D eigenvalue weighted by atomic mass is 79.9. The van der Waals surface area contributed by atoms with Crippen molar-refractivity contribution in [3.8, 4) is 0 Å². The van der Waals surface area contributed by atoms with Crippen LogP contribution in [0.3, 0.4) is 0 Å². The molecule has 96 valence electrons. The van der Waals surface area contributed by atoms with Crippen LogP contribution in [0.2, 0.25) is 0 Å². The van der Waals surface area contributed by atoms with Crippen LogP contribution < -0.4 is 4.72 Å². The first kappa shape index (κ1) is 14.4.